The molecule has 21 heavy (non-hydrogen) atoms. The number of nitrogens with zero attached hydrogens (tertiary/aromatic N) is 2. The van der Waals surface area contributed by atoms with Crippen LogP contribution in [0.5, 0.6) is 5.88 Å². The van der Waals surface area contributed by atoms with Gasteiger partial charge in [0.25, 0.3) is 5.88 Å². The van der Waals surface area contributed by atoms with E-state index in [1.165, 1.54) is 18.2 Å². The van der Waals surface area contributed by atoms with Gasteiger partial charge in [-0.25, -0.2) is 9.02 Å². The van der Waals surface area contributed by atoms with Crippen molar-refractivity contribution >= 4 is 17.5 Å². The van der Waals surface area contributed by atoms with E-state index in [0.717, 1.165) is 0 Å². The lowest BCUT2D eigenvalue weighted by Gasteiger charge is -2.07. The van der Waals surface area contributed by atoms with Gasteiger partial charge in [-0.3, -0.25) is 4.79 Å². The van der Waals surface area contributed by atoms with E-state index >= 15 is 0 Å². The van der Waals surface area contributed by atoms with Crippen LogP contribution in [0, 0.1) is 12.7 Å². The highest BCUT2D eigenvalue weighted by Crippen LogP contribution is 2.19. The lowest BCUT2D eigenvalue weighted by Crippen LogP contribution is -2.29. The van der Waals surface area contributed by atoms with Gasteiger partial charge in [0, 0.05) is 10.6 Å². The van der Waals surface area contributed by atoms with Crippen molar-refractivity contribution in [2.24, 2.45) is 0 Å². The van der Waals surface area contributed by atoms with E-state index in [4.69, 9.17) is 16.3 Å². The van der Waals surface area contributed by atoms with E-state index < -0.39 is 5.82 Å². The van der Waals surface area contributed by atoms with Crippen molar-refractivity contribution in [3.63, 3.8) is 0 Å². The maximum absolute atomic E-state index is 13.5. The smallest absolute Gasteiger partial charge is 0.278 e. The zero-order chi connectivity index (χ0) is 15.2. The van der Waals surface area contributed by atoms with Crippen LogP contribution >= 0.6 is 11.6 Å². The molecule has 0 aliphatic heterocycles. The van der Waals surface area contributed by atoms with Crippen molar-refractivity contribution in [1.82, 2.24) is 15.6 Å². The number of nitrogens with one attached hydrogen (secondary N) is 1. The number of hydrogen-bond acceptors (Lipinski definition) is 5. The normalized spacial score (nSPS) is 10.4. The Morgan fingerprint density at radius 1 is 1.48 bits per heavy atom. The van der Waals surface area contributed by atoms with E-state index in [9.17, 15) is 9.18 Å². The molecule has 112 valence electrons. The number of ether oxygens (including phenoxy) is 1. The molecular weight excluding hydrogens is 301 g/mol. The predicted molar refractivity (Wildman–Crippen MR) is 72.7 cm³/mol. The quantitative estimate of drug-likeness (QED) is 0.824. The second-order valence-electron chi connectivity index (χ2n) is 4.23. The summed E-state index contributed by atoms with van der Waals surface area (Å²) >= 11 is 5.85. The van der Waals surface area contributed by atoms with Crippen molar-refractivity contribution in [1.29, 1.82) is 0 Å². The van der Waals surface area contributed by atoms with Gasteiger partial charge in [-0.05, 0) is 24.2 Å². The minimum Gasteiger partial charge on any atom is -0.472 e. The fourth-order valence-electron chi connectivity index (χ4n) is 1.62. The maximum atomic E-state index is 13.5. The van der Waals surface area contributed by atoms with E-state index in [1.807, 2.05) is 0 Å². The monoisotopic (exact) mass is 313 g/mol. The summed E-state index contributed by atoms with van der Waals surface area (Å²) in [5.74, 6) is -0.569. The highest BCUT2D eigenvalue weighted by molar-refractivity contribution is 6.31. The molecule has 0 bridgehead atoms. The summed E-state index contributed by atoms with van der Waals surface area (Å²) in [6.45, 7) is 2.13. The first-order valence-corrected chi connectivity index (χ1v) is 6.57. The zero-order valence-corrected chi connectivity index (χ0v) is 12.0. The third-order valence-corrected chi connectivity index (χ3v) is 3.03. The molecule has 1 aromatic heterocycles. The molecule has 1 N–H and O–H groups in total. The summed E-state index contributed by atoms with van der Waals surface area (Å²) in [7, 11) is 0. The Bertz CT molecular complexity index is 613. The number of benzene rings is 1. The predicted octanol–water partition coefficient (Wildman–Crippen LogP) is 1.91. The van der Waals surface area contributed by atoms with Gasteiger partial charge < -0.3 is 10.1 Å². The van der Waals surface area contributed by atoms with Crippen LogP contribution in [0.15, 0.2) is 22.8 Å². The van der Waals surface area contributed by atoms with Gasteiger partial charge in [0.05, 0.1) is 13.0 Å². The molecule has 0 saturated carbocycles. The molecule has 8 heteroatoms. The van der Waals surface area contributed by atoms with E-state index in [2.05, 4.69) is 20.3 Å². The average Bonchev–Trinajstić information content (AvgIpc) is 2.85. The summed E-state index contributed by atoms with van der Waals surface area (Å²) in [4.78, 5) is 11.7. The standard InChI is InChI=1S/C13H13ClFN3O3/c1-8-13(18-21-17-8)20-6-5-16-12(19)7-9-10(14)3-2-4-11(9)15/h2-4H,5-7H2,1H3,(H,16,19). The second-order valence-corrected chi connectivity index (χ2v) is 4.64. The van der Waals surface area contributed by atoms with Crippen LogP contribution in [-0.4, -0.2) is 29.4 Å². The lowest BCUT2D eigenvalue weighted by molar-refractivity contribution is -0.120. The van der Waals surface area contributed by atoms with Crippen molar-refractivity contribution in [3.05, 3.63) is 40.3 Å². The summed E-state index contributed by atoms with van der Waals surface area (Å²) in [6.07, 6.45) is -0.129. The number of carbonyl (C=O) groups is 1. The maximum Gasteiger partial charge on any atom is 0.278 e. The number of hydrogen-bond donors (Lipinski definition) is 1. The summed E-state index contributed by atoms with van der Waals surface area (Å²) < 4.78 is 23.2. The number of amides is 1. The van der Waals surface area contributed by atoms with Crippen LogP contribution < -0.4 is 10.1 Å². The molecule has 0 spiro atoms. The van der Waals surface area contributed by atoms with Crippen molar-refractivity contribution < 1.29 is 18.6 Å². The van der Waals surface area contributed by atoms with Gasteiger partial charge >= 0.3 is 0 Å². The molecule has 6 nitrogen and oxygen atoms in total. The Balaban J connectivity index is 1.76. The lowest BCUT2D eigenvalue weighted by atomic mass is 10.1. The highest BCUT2D eigenvalue weighted by Gasteiger charge is 2.12. The van der Waals surface area contributed by atoms with Crippen LogP contribution in [0.25, 0.3) is 0 Å². The van der Waals surface area contributed by atoms with Crippen molar-refractivity contribution in [2.75, 3.05) is 13.2 Å². The van der Waals surface area contributed by atoms with Gasteiger partial charge in [-0.2, -0.15) is 0 Å². The molecule has 0 aliphatic rings. The van der Waals surface area contributed by atoms with Gasteiger partial charge in [0.15, 0.2) is 0 Å². The van der Waals surface area contributed by atoms with Crippen LogP contribution in [0.1, 0.15) is 11.3 Å². The molecule has 0 radical (unpaired) electrons. The van der Waals surface area contributed by atoms with Gasteiger partial charge in [0.2, 0.25) is 5.91 Å². The molecule has 2 rings (SSSR count). The minimum absolute atomic E-state index is 0.129. The third-order valence-electron chi connectivity index (χ3n) is 2.67. The summed E-state index contributed by atoms with van der Waals surface area (Å²) in [6, 6.07) is 4.29. The van der Waals surface area contributed by atoms with Crippen LogP contribution in [-0.2, 0) is 11.2 Å². The molecule has 0 fully saturated rings. The minimum atomic E-state index is -0.502. The molecule has 2 aromatic rings. The molecule has 0 unspecified atom stereocenters. The van der Waals surface area contributed by atoms with Crippen molar-refractivity contribution in [2.45, 2.75) is 13.3 Å². The molecule has 1 heterocycles. The van der Waals surface area contributed by atoms with Crippen LogP contribution in [0.4, 0.5) is 4.39 Å². The van der Waals surface area contributed by atoms with Crippen LogP contribution in [0.3, 0.4) is 0 Å². The SMILES string of the molecule is Cc1nonc1OCCNC(=O)Cc1c(F)cccc1Cl. The Hall–Kier alpha value is -2.15. The third kappa shape index (κ3) is 4.16. The van der Waals surface area contributed by atoms with E-state index in [0.29, 0.717) is 5.69 Å². The summed E-state index contributed by atoms with van der Waals surface area (Å²) in [5, 5.41) is 9.91. The first-order valence-electron chi connectivity index (χ1n) is 6.19. The number of aryl methyl sites for hydroxylation is 1. The number of rotatable bonds is 6. The summed E-state index contributed by atoms with van der Waals surface area (Å²) in [5.41, 5.74) is 0.702. The molecular formula is C13H13ClFN3O3. The molecule has 0 aliphatic carbocycles. The fraction of sp³-hybridized carbons (Fsp3) is 0.308. The van der Waals surface area contributed by atoms with Crippen molar-refractivity contribution in [3.8, 4) is 5.88 Å². The van der Waals surface area contributed by atoms with Crippen LogP contribution in [0.2, 0.25) is 5.02 Å². The molecule has 1 aromatic carbocycles. The average molecular weight is 314 g/mol. The van der Waals surface area contributed by atoms with Gasteiger partial charge in [0.1, 0.15) is 18.1 Å². The Kier molecular flexibility index (Phi) is 5.10. The van der Waals surface area contributed by atoms with E-state index in [-0.39, 0.29) is 41.9 Å². The number of carbonyl (C=O) groups excluding carboxylic acids is 1. The van der Waals surface area contributed by atoms with Gasteiger partial charge in [-0.15, -0.1) is 0 Å². The Morgan fingerprint density at radius 2 is 2.29 bits per heavy atom. The topological polar surface area (TPSA) is 77.2 Å². The van der Waals surface area contributed by atoms with Gasteiger partial charge in [-0.1, -0.05) is 22.8 Å². The largest absolute Gasteiger partial charge is 0.472 e. The number of halogens is 2. The molecule has 1 amide bonds. The highest BCUT2D eigenvalue weighted by atomic mass is 35.5. The van der Waals surface area contributed by atoms with E-state index in [1.54, 1.807) is 6.92 Å². The first-order chi connectivity index (χ1) is 10.1. The number of aromatic nitrogens is 2. The first kappa shape index (κ1) is 15.2. The fourth-order valence-corrected chi connectivity index (χ4v) is 1.85. The Morgan fingerprint density at radius 3 is 2.95 bits per heavy atom. The Labute approximate surface area is 125 Å². The zero-order valence-electron chi connectivity index (χ0n) is 11.2. The molecule has 0 atom stereocenters. The molecule has 0 saturated heterocycles. The second kappa shape index (κ2) is 7.03.